The van der Waals surface area contributed by atoms with Gasteiger partial charge in [0.2, 0.25) is 0 Å². The number of carboxylic acids is 1. The SMILES string of the molecule is CC(CCNC(=O)NCc1sccc1Br)CCC(=O)O. The largest absolute Gasteiger partial charge is 0.481 e. The van der Waals surface area contributed by atoms with Gasteiger partial charge in [0.15, 0.2) is 0 Å². The number of urea groups is 1. The first-order valence-electron chi connectivity index (χ1n) is 6.44. The molecule has 1 rings (SSSR count). The molecule has 20 heavy (non-hydrogen) atoms. The average Bonchev–Trinajstić information content (AvgIpc) is 2.79. The highest BCUT2D eigenvalue weighted by molar-refractivity contribution is 9.10. The van der Waals surface area contributed by atoms with Gasteiger partial charge in [-0.3, -0.25) is 4.79 Å². The number of halogens is 1. The van der Waals surface area contributed by atoms with Gasteiger partial charge in [-0.05, 0) is 46.1 Å². The Morgan fingerprint density at radius 2 is 2.15 bits per heavy atom. The fourth-order valence-corrected chi connectivity index (χ4v) is 3.05. The maximum absolute atomic E-state index is 11.6. The summed E-state index contributed by atoms with van der Waals surface area (Å²) in [7, 11) is 0. The minimum Gasteiger partial charge on any atom is -0.481 e. The lowest BCUT2D eigenvalue weighted by atomic mass is 10.0. The van der Waals surface area contributed by atoms with Gasteiger partial charge in [-0.2, -0.15) is 0 Å². The minimum atomic E-state index is -0.774. The van der Waals surface area contributed by atoms with Crippen LogP contribution in [-0.4, -0.2) is 23.7 Å². The molecule has 1 atom stereocenters. The van der Waals surface area contributed by atoms with Crippen LogP contribution in [0.1, 0.15) is 31.1 Å². The van der Waals surface area contributed by atoms with Crippen molar-refractivity contribution in [3.63, 3.8) is 0 Å². The van der Waals surface area contributed by atoms with E-state index >= 15 is 0 Å². The molecule has 112 valence electrons. The van der Waals surface area contributed by atoms with Crippen LogP contribution in [0.5, 0.6) is 0 Å². The molecular weight excluding hydrogens is 344 g/mol. The molecule has 0 radical (unpaired) electrons. The van der Waals surface area contributed by atoms with Crippen LogP contribution in [0.15, 0.2) is 15.9 Å². The second kappa shape index (κ2) is 8.97. The zero-order valence-electron chi connectivity index (χ0n) is 11.3. The molecule has 7 heteroatoms. The number of carbonyl (C=O) groups is 2. The van der Waals surface area contributed by atoms with Crippen molar-refractivity contribution in [3.8, 4) is 0 Å². The molecule has 2 amide bonds. The van der Waals surface area contributed by atoms with Crippen LogP contribution >= 0.6 is 27.3 Å². The molecule has 0 aliphatic carbocycles. The van der Waals surface area contributed by atoms with Gasteiger partial charge in [-0.25, -0.2) is 4.79 Å². The van der Waals surface area contributed by atoms with Gasteiger partial charge >= 0.3 is 12.0 Å². The predicted octanol–water partition coefficient (Wildman–Crippen LogP) is 3.20. The highest BCUT2D eigenvalue weighted by Gasteiger charge is 2.07. The van der Waals surface area contributed by atoms with Crippen LogP contribution in [0.25, 0.3) is 0 Å². The van der Waals surface area contributed by atoms with E-state index in [4.69, 9.17) is 5.11 Å². The lowest BCUT2D eigenvalue weighted by Crippen LogP contribution is -2.35. The van der Waals surface area contributed by atoms with Crippen LogP contribution in [0.4, 0.5) is 4.79 Å². The summed E-state index contributed by atoms with van der Waals surface area (Å²) in [5, 5.41) is 16.1. The molecule has 0 aliphatic heterocycles. The average molecular weight is 363 g/mol. The number of carboxylic acid groups (broad SMARTS) is 1. The highest BCUT2D eigenvalue weighted by Crippen LogP contribution is 2.21. The summed E-state index contributed by atoms with van der Waals surface area (Å²) in [5.41, 5.74) is 0. The molecule has 3 N–H and O–H groups in total. The number of thiophene rings is 1. The summed E-state index contributed by atoms with van der Waals surface area (Å²) < 4.78 is 1.00. The second-order valence-corrected chi connectivity index (χ2v) is 6.48. The van der Waals surface area contributed by atoms with Gasteiger partial charge in [-0.1, -0.05) is 6.92 Å². The number of hydrogen-bond donors (Lipinski definition) is 3. The van der Waals surface area contributed by atoms with Crippen molar-refractivity contribution in [2.75, 3.05) is 6.54 Å². The van der Waals surface area contributed by atoms with E-state index in [1.165, 1.54) is 0 Å². The number of hydrogen-bond acceptors (Lipinski definition) is 3. The predicted molar refractivity (Wildman–Crippen MR) is 82.9 cm³/mol. The molecule has 0 spiro atoms. The number of amides is 2. The van der Waals surface area contributed by atoms with Gasteiger partial charge in [0.1, 0.15) is 0 Å². The van der Waals surface area contributed by atoms with Crippen molar-refractivity contribution in [2.24, 2.45) is 5.92 Å². The van der Waals surface area contributed by atoms with E-state index in [1.807, 2.05) is 18.4 Å². The van der Waals surface area contributed by atoms with E-state index < -0.39 is 5.97 Å². The quantitative estimate of drug-likeness (QED) is 0.664. The van der Waals surface area contributed by atoms with Gasteiger partial charge in [0.05, 0.1) is 6.54 Å². The van der Waals surface area contributed by atoms with Gasteiger partial charge in [-0.15, -0.1) is 11.3 Å². The normalized spacial score (nSPS) is 11.9. The Bertz CT molecular complexity index is 451. The maximum atomic E-state index is 11.6. The topological polar surface area (TPSA) is 78.4 Å². The molecule has 1 aromatic rings. The molecule has 0 saturated carbocycles. The Morgan fingerprint density at radius 1 is 1.40 bits per heavy atom. The Labute approximate surface area is 130 Å². The standard InChI is InChI=1S/C13H19BrN2O3S/c1-9(2-3-12(17)18)4-6-15-13(19)16-8-11-10(14)5-7-20-11/h5,7,9H,2-4,6,8H2,1H3,(H,17,18)(H2,15,16,19). The first-order valence-corrected chi connectivity index (χ1v) is 8.11. The fourth-order valence-electron chi connectivity index (χ4n) is 1.62. The summed E-state index contributed by atoms with van der Waals surface area (Å²) in [4.78, 5) is 23.1. The van der Waals surface area contributed by atoms with Crippen molar-refractivity contribution in [3.05, 3.63) is 20.8 Å². The summed E-state index contributed by atoms with van der Waals surface area (Å²) in [5.74, 6) is -0.484. The molecule has 0 aromatic carbocycles. The Hall–Kier alpha value is -1.08. The third-order valence-electron chi connectivity index (χ3n) is 2.87. The Kier molecular flexibility index (Phi) is 7.61. The zero-order valence-corrected chi connectivity index (χ0v) is 13.7. The van der Waals surface area contributed by atoms with Crippen LogP contribution in [0.2, 0.25) is 0 Å². The summed E-state index contributed by atoms with van der Waals surface area (Å²) in [6.45, 7) is 3.04. The van der Waals surface area contributed by atoms with Crippen molar-refractivity contribution < 1.29 is 14.7 Å². The third-order valence-corrected chi connectivity index (χ3v) is 4.80. The summed E-state index contributed by atoms with van der Waals surface area (Å²) >= 11 is 4.99. The lowest BCUT2D eigenvalue weighted by molar-refractivity contribution is -0.137. The smallest absolute Gasteiger partial charge is 0.315 e. The van der Waals surface area contributed by atoms with Crippen molar-refractivity contribution in [1.82, 2.24) is 10.6 Å². The third kappa shape index (κ3) is 6.91. The highest BCUT2D eigenvalue weighted by atomic mass is 79.9. The van der Waals surface area contributed by atoms with E-state index in [1.54, 1.807) is 11.3 Å². The van der Waals surface area contributed by atoms with E-state index in [9.17, 15) is 9.59 Å². The van der Waals surface area contributed by atoms with Crippen molar-refractivity contribution in [2.45, 2.75) is 32.7 Å². The molecule has 0 fully saturated rings. The Morgan fingerprint density at radius 3 is 2.75 bits per heavy atom. The molecule has 5 nitrogen and oxygen atoms in total. The maximum Gasteiger partial charge on any atom is 0.315 e. The van der Waals surface area contributed by atoms with Crippen LogP contribution < -0.4 is 10.6 Å². The van der Waals surface area contributed by atoms with Crippen molar-refractivity contribution >= 4 is 39.3 Å². The van der Waals surface area contributed by atoms with Gasteiger partial charge < -0.3 is 15.7 Å². The lowest BCUT2D eigenvalue weighted by Gasteiger charge is -2.11. The van der Waals surface area contributed by atoms with E-state index in [2.05, 4.69) is 26.6 Å². The van der Waals surface area contributed by atoms with Gasteiger partial charge in [0.25, 0.3) is 0 Å². The monoisotopic (exact) mass is 362 g/mol. The van der Waals surface area contributed by atoms with Crippen LogP contribution in [-0.2, 0) is 11.3 Å². The first-order chi connectivity index (χ1) is 9.49. The van der Waals surface area contributed by atoms with Crippen LogP contribution in [0.3, 0.4) is 0 Å². The second-order valence-electron chi connectivity index (χ2n) is 4.63. The number of carbonyl (C=O) groups excluding carboxylic acids is 1. The molecular formula is C13H19BrN2O3S. The molecule has 1 aromatic heterocycles. The minimum absolute atomic E-state index is 0.180. The molecule has 0 saturated heterocycles. The van der Waals surface area contributed by atoms with E-state index in [-0.39, 0.29) is 18.4 Å². The molecule has 0 bridgehead atoms. The van der Waals surface area contributed by atoms with E-state index in [0.29, 0.717) is 19.5 Å². The Balaban J connectivity index is 2.11. The summed E-state index contributed by atoms with van der Waals surface area (Å²) in [6, 6.07) is 1.75. The zero-order chi connectivity index (χ0) is 15.0. The van der Waals surface area contributed by atoms with E-state index in [0.717, 1.165) is 15.8 Å². The van der Waals surface area contributed by atoms with Crippen molar-refractivity contribution in [1.29, 1.82) is 0 Å². The number of aliphatic carboxylic acids is 1. The number of nitrogens with one attached hydrogen (secondary N) is 2. The fraction of sp³-hybridized carbons (Fsp3) is 0.538. The summed E-state index contributed by atoms with van der Waals surface area (Å²) in [6.07, 6.45) is 1.60. The van der Waals surface area contributed by atoms with Gasteiger partial charge in [0, 0.05) is 22.3 Å². The molecule has 0 aliphatic rings. The molecule has 1 heterocycles. The number of rotatable bonds is 8. The first kappa shape index (κ1) is 17.0. The van der Waals surface area contributed by atoms with Crippen LogP contribution in [0, 0.1) is 5.92 Å². The molecule has 1 unspecified atom stereocenters.